The average molecular weight is 343 g/mol. The van der Waals surface area contributed by atoms with E-state index < -0.39 is 11.9 Å². The van der Waals surface area contributed by atoms with Crippen LogP contribution in [-0.2, 0) is 0 Å². The minimum absolute atomic E-state index is 0.0999. The maximum Gasteiger partial charge on any atom is 0.335 e. The molecule has 26 heavy (non-hydrogen) atoms. The highest BCUT2D eigenvalue weighted by Gasteiger charge is 2.35. The second kappa shape index (κ2) is 5.67. The molecule has 0 saturated carbocycles. The number of rotatable bonds is 2. The van der Waals surface area contributed by atoms with E-state index in [1.54, 1.807) is 31.2 Å². The second-order valence-corrected chi connectivity index (χ2v) is 6.13. The fourth-order valence-corrected chi connectivity index (χ4v) is 3.43. The van der Waals surface area contributed by atoms with Crippen molar-refractivity contribution in [3.63, 3.8) is 0 Å². The van der Waals surface area contributed by atoms with E-state index in [-0.39, 0.29) is 11.5 Å². The Bertz CT molecular complexity index is 1160. The molecule has 0 amide bonds. The van der Waals surface area contributed by atoms with Crippen molar-refractivity contribution in [2.24, 2.45) is 0 Å². The van der Waals surface area contributed by atoms with Crippen LogP contribution >= 0.6 is 0 Å². The van der Waals surface area contributed by atoms with Gasteiger partial charge in [0.2, 0.25) is 5.91 Å². The SMILES string of the molecule is CC1=C(C#N)c2nc3ccccc3n2C(=O)C1c1cccc(C(=O)O)c1. The molecule has 0 fully saturated rings. The summed E-state index contributed by atoms with van der Waals surface area (Å²) in [6, 6.07) is 15.6. The predicted molar refractivity (Wildman–Crippen MR) is 94.7 cm³/mol. The van der Waals surface area contributed by atoms with Gasteiger partial charge < -0.3 is 5.11 Å². The fraction of sp³-hybridized carbons (Fsp3) is 0.100. The Morgan fingerprint density at radius 3 is 2.73 bits per heavy atom. The Kier molecular flexibility index (Phi) is 3.44. The molecule has 1 aliphatic rings. The van der Waals surface area contributed by atoms with Gasteiger partial charge in [0.25, 0.3) is 0 Å². The number of benzene rings is 2. The van der Waals surface area contributed by atoms with Crippen LogP contribution in [0, 0.1) is 11.3 Å². The Morgan fingerprint density at radius 2 is 2.00 bits per heavy atom. The summed E-state index contributed by atoms with van der Waals surface area (Å²) in [6.45, 7) is 1.72. The Morgan fingerprint density at radius 1 is 1.23 bits per heavy atom. The number of nitrogens with zero attached hydrogens (tertiary/aromatic N) is 3. The number of para-hydroxylation sites is 2. The van der Waals surface area contributed by atoms with E-state index in [9.17, 15) is 20.0 Å². The van der Waals surface area contributed by atoms with Crippen LogP contribution in [0.2, 0.25) is 0 Å². The number of carbonyl (C=O) groups is 2. The van der Waals surface area contributed by atoms with Gasteiger partial charge in [-0.05, 0) is 42.3 Å². The molecule has 6 nitrogen and oxygen atoms in total. The molecule has 1 aliphatic heterocycles. The monoisotopic (exact) mass is 343 g/mol. The molecule has 1 unspecified atom stereocenters. The molecule has 0 aliphatic carbocycles. The fourth-order valence-electron chi connectivity index (χ4n) is 3.43. The summed E-state index contributed by atoms with van der Waals surface area (Å²) in [6.07, 6.45) is 0. The van der Waals surface area contributed by atoms with Gasteiger partial charge in [0.05, 0.1) is 28.1 Å². The van der Waals surface area contributed by atoms with Gasteiger partial charge in [-0.15, -0.1) is 0 Å². The third-order valence-corrected chi connectivity index (χ3v) is 4.66. The molecule has 0 bridgehead atoms. The largest absolute Gasteiger partial charge is 0.478 e. The van der Waals surface area contributed by atoms with Crippen LogP contribution in [0.5, 0.6) is 0 Å². The van der Waals surface area contributed by atoms with Crippen LogP contribution in [0.15, 0.2) is 54.1 Å². The maximum atomic E-state index is 13.3. The second-order valence-electron chi connectivity index (χ2n) is 6.13. The smallest absolute Gasteiger partial charge is 0.335 e. The number of carboxylic acids is 1. The number of nitriles is 1. The van der Waals surface area contributed by atoms with Crippen LogP contribution in [-0.4, -0.2) is 26.5 Å². The predicted octanol–water partition coefficient (Wildman–Crippen LogP) is 3.47. The Hall–Kier alpha value is -3.72. The molecule has 1 aromatic heterocycles. The summed E-state index contributed by atoms with van der Waals surface area (Å²) in [5.74, 6) is -1.70. The minimum atomic E-state index is -1.06. The molecule has 1 N–H and O–H groups in total. The molecule has 2 heterocycles. The molecular formula is C20H13N3O3. The molecule has 0 saturated heterocycles. The number of hydrogen-bond donors (Lipinski definition) is 1. The molecular weight excluding hydrogens is 330 g/mol. The van der Waals surface area contributed by atoms with Crippen molar-refractivity contribution in [2.75, 3.05) is 0 Å². The molecule has 126 valence electrons. The number of carboxylic acid groups (broad SMARTS) is 1. The summed E-state index contributed by atoms with van der Waals surface area (Å²) in [7, 11) is 0. The number of imidazole rings is 1. The third kappa shape index (κ3) is 2.15. The lowest BCUT2D eigenvalue weighted by Crippen LogP contribution is -2.27. The Balaban J connectivity index is 1.99. The van der Waals surface area contributed by atoms with E-state index in [2.05, 4.69) is 11.1 Å². The lowest BCUT2D eigenvalue weighted by molar-refractivity contribution is 0.0695. The third-order valence-electron chi connectivity index (χ3n) is 4.66. The topological polar surface area (TPSA) is 96.0 Å². The number of allylic oxidation sites excluding steroid dienone is 2. The van der Waals surface area contributed by atoms with Crippen LogP contribution < -0.4 is 0 Å². The van der Waals surface area contributed by atoms with Gasteiger partial charge >= 0.3 is 5.97 Å². The lowest BCUT2D eigenvalue weighted by Gasteiger charge is -2.25. The van der Waals surface area contributed by atoms with Crippen LogP contribution in [0.25, 0.3) is 16.6 Å². The quantitative estimate of drug-likeness (QED) is 0.768. The van der Waals surface area contributed by atoms with E-state index in [4.69, 9.17) is 0 Å². The van der Waals surface area contributed by atoms with Crippen LogP contribution in [0.1, 0.15) is 39.4 Å². The average Bonchev–Trinajstić information content (AvgIpc) is 3.02. The highest BCUT2D eigenvalue weighted by atomic mass is 16.4. The van der Waals surface area contributed by atoms with Crippen LogP contribution in [0.4, 0.5) is 0 Å². The molecule has 2 aromatic carbocycles. The summed E-state index contributed by atoms with van der Waals surface area (Å²) >= 11 is 0. The molecule has 0 spiro atoms. The maximum absolute atomic E-state index is 13.3. The first-order chi connectivity index (χ1) is 12.5. The van der Waals surface area contributed by atoms with Gasteiger partial charge in [0, 0.05) is 0 Å². The number of aromatic carboxylic acids is 1. The lowest BCUT2D eigenvalue weighted by atomic mass is 9.85. The van der Waals surface area contributed by atoms with E-state index in [0.29, 0.717) is 33.6 Å². The van der Waals surface area contributed by atoms with Gasteiger partial charge in [-0.25, -0.2) is 9.78 Å². The first-order valence-corrected chi connectivity index (χ1v) is 7.99. The molecule has 6 heteroatoms. The van der Waals surface area contributed by atoms with Gasteiger partial charge in [0.1, 0.15) is 6.07 Å². The van der Waals surface area contributed by atoms with E-state index in [1.807, 2.05) is 12.1 Å². The van der Waals surface area contributed by atoms with E-state index in [0.717, 1.165) is 0 Å². The molecule has 0 radical (unpaired) electrons. The van der Waals surface area contributed by atoms with Crippen LogP contribution in [0.3, 0.4) is 0 Å². The van der Waals surface area contributed by atoms with Gasteiger partial charge in [-0.1, -0.05) is 24.3 Å². The normalized spacial score (nSPS) is 16.5. The van der Waals surface area contributed by atoms with Crippen molar-refractivity contribution < 1.29 is 14.7 Å². The number of fused-ring (bicyclic) bond motifs is 3. The summed E-state index contributed by atoms with van der Waals surface area (Å²) in [5, 5.41) is 18.9. The van der Waals surface area contributed by atoms with E-state index >= 15 is 0 Å². The summed E-state index contributed by atoms with van der Waals surface area (Å²) in [5.41, 5.74) is 2.82. The van der Waals surface area contributed by atoms with Crippen molar-refractivity contribution in [3.05, 3.63) is 71.1 Å². The Labute approximate surface area is 148 Å². The zero-order valence-corrected chi connectivity index (χ0v) is 13.8. The van der Waals surface area contributed by atoms with Gasteiger partial charge in [-0.3, -0.25) is 9.36 Å². The molecule has 1 atom stereocenters. The highest BCUT2D eigenvalue weighted by Crippen LogP contribution is 2.38. The van der Waals surface area contributed by atoms with Crippen molar-refractivity contribution >= 4 is 28.5 Å². The van der Waals surface area contributed by atoms with Crippen molar-refractivity contribution in [2.45, 2.75) is 12.8 Å². The van der Waals surface area contributed by atoms with E-state index in [1.165, 1.54) is 16.7 Å². The van der Waals surface area contributed by atoms with Crippen molar-refractivity contribution in [3.8, 4) is 6.07 Å². The zero-order chi connectivity index (χ0) is 18.4. The van der Waals surface area contributed by atoms with Crippen molar-refractivity contribution in [1.29, 1.82) is 5.26 Å². The number of aromatic nitrogens is 2. The van der Waals surface area contributed by atoms with Crippen molar-refractivity contribution in [1.82, 2.24) is 9.55 Å². The first kappa shape index (κ1) is 15.8. The number of hydrogen-bond acceptors (Lipinski definition) is 4. The van der Waals surface area contributed by atoms with Gasteiger partial charge in [0.15, 0.2) is 5.82 Å². The van der Waals surface area contributed by atoms with Gasteiger partial charge in [-0.2, -0.15) is 5.26 Å². The highest BCUT2D eigenvalue weighted by molar-refractivity contribution is 6.04. The summed E-state index contributed by atoms with van der Waals surface area (Å²) in [4.78, 5) is 29.0. The molecule has 4 rings (SSSR count). The number of carbonyl (C=O) groups excluding carboxylic acids is 1. The minimum Gasteiger partial charge on any atom is -0.478 e. The summed E-state index contributed by atoms with van der Waals surface area (Å²) < 4.78 is 1.46. The molecule has 3 aromatic rings. The first-order valence-electron chi connectivity index (χ1n) is 7.99. The zero-order valence-electron chi connectivity index (χ0n) is 13.8. The standard InChI is InChI=1S/C20H13N3O3/c1-11-14(10-21)18-22-15-7-2-3-8-16(15)23(18)19(24)17(11)12-5-4-6-13(9-12)20(25)26/h2-9,17H,1H3,(H,25,26).